The lowest BCUT2D eigenvalue weighted by molar-refractivity contribution is 0.187. The standard InChI is InChI=1S/C15H25ClN2O2/c1-12(19)6-8-18(2)14-5-4-13(15(16)10-14)11-17-7-9-20-3/h4-5,10,12,17,19H,6-9,11H2,1-3H3. The van der Waals surface area contributed by atoms with Crippen molar-refractivity contribution in [3.63, 3.8) is 0 Å². The molecule has 0 aliphatic heterocycles. The molecule has 0 aliphatic rings. The van der Waals surface area contributed by atoms with Crippen LogP contribution in [0.15, 0.2) is 18.2 Å². The second kappa shape index (κ2) is 9.19. The van der Waals surface area contributed by atoms with Gasteiger partial charge in [0.05, 0.1) is 12.7 Å². The van der Waals surface area contributed by atoms with Gasteiger partial charge in [0, 0.05) is 44.5 Å². The molecule has 0 saturated heterocycles. The molecule has 0 aliphatic carbocycles. The molecule has 0 spiro atoms. The number of aliphatic hydroxyl groups excluding tert-OH is 1. The maximum Gasteiger partial charge on any atom is 0.0587 e. The van der Waals surface area contributed by atoms with Crippen molar-refractivity contribution >= 4 is 17.3 Å². The van der Waals surface area contributed by atoms with E-state index in [9.17, 15) is 5.11 Å². The highest BCUT2D eigenvalue weighted by Crippen LogP contribution is 2.23. The van der Waals surface area contributed by atoms with E-state index in [1.165, 1.54) is 0 Å². The lowest BCUT2D eigenvalue weighted by Crippen LogP contribution is -2.22. The zero-order valence-corrected chi connectivity index (χ0v) is 13.3. The Bertz CT molecular complexity index is 399. The summed E-state index contributed by atoms with van der Waals surface area (Å²) < 4.78 is 4.98. The summed E-state index contributed by atoms with van der Waals surface area (Å²) in [4.78, 5) is 2.10. The van der Waals surface area contributed by atoms with Crippen molar-refractivity contribution in [1.29, 1.82) is 0 Å². The average molecular weight is 301 g/mol. The van der Waals surface area contributed by atoms with Crippen LogP contribution in [0.4, 0.5) is 5.69 Å². The number of benzene rings is 1. The zero-order valence-electron chi connectivity index (χ0n) is 12.5. The maximum absolute atomic E-state index is 9.32. The highest BCUT2D eigenvalue weighted by molar-refractivity contribution is 6.31. The summed E-state index contributed by atoms with van der Waals surface area (Å²) in [6.07, 6.45) is 0.464. The summed E-state index contributed by atoms with van der Waals surface area (Å²) in [5, 5.41) is 13.4. The molecule has 1 unspecified atom stereocenters. The van der Waals surface area contributed by atoms with E-state index in [0.717, 1.165) is 42.3 Å². The fourth-order valence-corrected chi connectivity index (χ4v) is 2.07. The molecule has 5 heteroatoms. The quantitative estimate of drug-likeness (QED) is 0.687. The summed E-state index contributed by atoms with van der Waals surface area (Å²) in [7, 11) is 3.69. The van der Waals surface area contributed by atoms with E-state index in [4.69, 9.17) is 16.3 Å². The van der Waals surface area contributed by atoms with E-state index >= 15 is 0 Å². The summed E-state index contributed by atoms with van der Waals surface area (Å²) >= 11 is 6.30. The Morgan fingerprint density at radius 3 is 2.80 bits per heavy atom. The number of aliphatic hydroxyl groups is 1. The summed E-state index contributed by atoms with van der Waals surface area (Å²) in [5.41, 5.74) is 2.15. The normalized spacial score (nSPS) is 12.4. The molecule has 1 aromatic rings. The van der Waals surface area contributed by atoms with Gasteiger partial charge in [0.15, 0.2) is 0 Å². The lowest BCUT2D eigenvalue weighted by atomic mass is 10.2. The smallest absolute Gasteiger partial charge is 0.0587 e. The zero-order chi connectivity index (χ0) is 15.0. The number of nitrogens with zero attached hydrogens (tertiary/aromatic N) is 1. The Balaban J connectivity index is 2.53. The molecule has 1 aromatic carbocycles. The first-order valence-electron chi connectivity index (χ1n) is 6.92. The van der Waals surface area contributed by atoms with E-state index < -0.39 is 0 Å². The highest BCUT2D eigenvalue weighted by Gasteiger charge is 2.06. The van der Waals surface area contributed by atoms with Gasteiger partial charge in [-0.2, -0.15) is 0 Å². The number of hydrogen-bond donors (Lipinski definition) is 2. The fraction of sp³-hybridized carbons (Fsp3) is 0.600. The number of hydrogen-bond acceptors (Lipinski definition) is 4. The first-order chi connectivity index (χ1) is 9.54. The van der Waals surface area contributed by atoms with Gasteiger partial charge in [-0.1, -0.05) is 17.7 Å². The number of halogens is 1. The van der Waals surface area contributed by atoms with Crippen LogP contribution in [0, 0.1) is 0 Å². The summed E-state index contributed by atoms with van der Waals surface area (Å²) in [5.74, 6) is 0. The Morgan fingerprint density at radius 1 is 1.45 bits per heavy atom. The van der Waals surface area contributed by atoms with Gasteiger partial charge >= 0.3 is 0 Å². The SMILES string of the molecule is COCCNCc1ccc(N(C)CCC(C)O)cc1Cl. The van der Waals surface area contributed by atoms with Crippen LogP contribution in [-0.2, 0) is 11.3 Å². The molecule has 0 saturated carbocycles. The van der Waals surface area contributed by atoms with E-state index in [1.807, 2.05) is 19.2 Å². The number of methoxy groups -OCH3 is 1. The minimum atomic E-state index is -0.280. The molecule has 114 valence electrons. The van der Waals surface area contributed by atoms with E-state index in [1.54, 1.807) is 14.0 Å². The van der Waals surface area contributed by atoms with Gasteiger partial charge in [-0.15, -0.1) is 0 Å². The molecule has 2 N–H and O–H groups in total. The predicted molar refractivity (Wildman–Crippen MR) is 84.6 cm³/mol. The van der Waals surface area contributed by atoms with Gasteiger partial charge in [0.2, 0.25) is 0 Å². The van der Waals surface area contributed by atoms with Crippen LogP contribution in [0.2, 0.25) is 5.02 Å². The van der Waals surface area contributed by atoms with Crippen molar-refractivity contribution < 1.29 is 9.84 Å². The highest BCUT2D eigenvalue weighted by atomic mass is 35.5. The second-order valence-electron chi connectivity index (χ2n) is 5.00. The van der Waals surface area contributed by atoms with Crippen molar-refractivity contribution in [2.45, 2.75) is 26.0 Å². The third kappa shape index (κ3) is 6.09. The van der Waals surface area contributed by atoms with Crippen molar-refractivity contribution in [3.8, 4) is 0 Å². The Morgan fingerprint density at radius 2 is 2.20 bits per heavy atom. The van der Waals surface area contributed by atoms with Crippen molar-refractivity contribution in [3.05, 3.63) is 28.8 Å². The maximum atomic E-state index is 9.32. The van der Waals surface area contributed by atoms with Crippen LogP contribution in [-0.4, -0.2) is 45.1 Å². The molecule has 0 amide bonds. The van der Waals surface area contributed by atoms with Gasteiger partial charge in [-0.3, -0.25) is 0 Å². The molecule has 20 heavy (non-hydrogen) atoms. The molecule has 0 aromatic heterocycles. The number of ether oxygens (including phenoxy) is 1. The Hall–Kier alpha value is -0.810. The van der Waals surface area contributed by atoms with Crippen LogP contribution in [0.3, 0.4) is 0 Å². The first-order valence-corrected chi connectivity index (χ1v) is 7.29. The van der Waals surface area contributed by atoms with Crippen molar-refractivity contribution in [2.75, 3.05) is 38.8 Å². The molecule has 0 heterocycles. The van der Waals surface area contributed by atoms with Crippen molar-refractivity contribution in [2.24, 2.45) is 0 Å². The van der Waals surface area contributed by atoms with Gasteiger partial charge in [-0.05, 0) is 31.0 Å². The third-order valence-corrected chi connectivity index (χ3v) is 3.51. The lowest BCUT2D eigenvalue weighted by Gasteiger charge is -2.21. The van der Waals surface area contributed by atoms with E-state index in [2.05, 4.69) is 16.3 Å². The molecular formula is C15H25ClN2O2. The van der Waals surface area contributed by atoms with Crippen LogP contribution >= 0.6 is 11.6 Å². The first kappa shape index (κ1) is 17.2. The molecular weight excluding hydrogens is 276 g/mol. The third-order valence-electron chi connectivity index (χ3n) is 3.16. The van der Waals surface area contributed by atoms with Gasteiger partial charge < -0.3 is 20.1 Å². The average Bonchev–Trinajstić information content (AvgIpc) is 2.42. The van der Waals surface area contributed by atoms with Gasteiger partial charge in [0.1, 0.15) is 0 Å². The van der Waals surface area contributed by atoms with Gasteiger partial charge in [-0.25, -0.2) is 0 Å². The minimum absolute atomic E-state index is 0.280. The van der Waals surface area contributed by atoms with E-state index in [-0.39, 0.29) is 6.10 Å². The molecule has 1 atom stereocenters. The monoisotopic (exact) mass is 300 g/mol. The molecule has 4 nitrogen and oxygen atoms in total. The topological polar surface area (TPSA) is 44.7 Å². The number of nitrogens with one attached hydrogen (secondary N) is 1. The van der Waals surface area contributed by atoms with Gasteiger partial charge in [0.25, 0.3) is 0 Å². The number of anilines is 1. The van der Waals surface area contributed by atoms with Crippen molar-refractivity contribution in [1.82, 2.24) is 5.32 Å². The second-order valence-corrected chi connectivity index (χ2v) is 5.41. The predicted octanol–water partition coefficient (Wildman–Crippen LogP) is 2.28. The fourth-order valence-electron chi connectivity index (χ4n) is 1.82. The Labute approximate surface area is 126 Å². The largest absolute Gasteiger partial charge is 0.393 e. The Kier molecular flexibility index (Phi) is 7.92. The van der Waals surface area contributed by atoms with E-state index in [0.29, 0.717) is 6.61 Å². The summed E-state index contributed by atoms with van der Waals surface area (Å²) in [6.45, 7) is 4.84. The molecule has 0 bridgehead atoms. The molecule has 0 radical (unpaired) electrons. The summed E-state index contributed by atoms with van der Waals surface area (Å²) in [6, 6.07) is 6.06. The van der Waals surface area contributed by atoms with Crippen LogP contribution in [0.5, 0.6) is 0 Å². The van der Waals surface area contributed by atoms with Crippen LogP contribution < -0.4 is 10.2 Å². The molecule has 1 rings (SSSR count). The number of rotatable bonds is 9. The molecule has 0 fully saturated rings. The van der Waals surface area contributed by atoms with Crippen LogP contribution in [0.25, 0.3) is 0 Å². The minimum Gasteiger partial charge on any atom is -0.393 e. The van der Waals surface area contributed by atoms with Crippen LogP contribution in [0.1, 0.15) is 18.9 Å².